The molecule has 6 aromatic rings. The Balaban J connectivity index is 1.63. The molecular formula is C35H26O2S2. The van der Waals surface area contributed by atoms with Crippen molar-refractivity contribution in [3.8, 4) is 44.9 Å². The molecule has 39 heavy (non-hydrogen) atoms. The zero-order valence-corrected chi connectivity index (χ0v) is 23.2. The number of phenols is 2. The first-order chi connectivity index (χ1) is 19.0. The number of fused-ring (bicyclic) bond motifs is 3. The monoisotopic (exact) mass is 542 g/mol. The standard InChI is InChI=1S/C35H26O2S2/c1-21-15-27(5-9-33(21)36)35(28-6-10-34(37)22(2)16-28)31-17-23(25-11-13-38-19-25)3-7-29(31)30-8-4-24(18-32(30)35)26-12-14-39-20-26/h3-20,36-37H,1-2H3. The third-order valence-electron chi connectivity index (χ3n) is 8.11. The van der Waals surface area contributed by atoms with Gasteiger partial charge in [0.15, 0.2) is 0 Å². The van der Waals surface area contributed by atoms with Crippen LogP contribution in [0.15, 0.2) is 106 Å². The number of aromatic hydroxyl groups is 2. The maximum Gasteiger partial charge on any atom is 0.118 e. The average Bonchev–Trinajstić information content (AvgIpc) is 3.72. The molecule has 0 saturated heterocycles. The molecule has 0 bridgehead atoms. The number of aryl methyl sites for hydroxylation is 2. The van der Waals surface area contributed by atoms with Crippen molar-refractivity contribution in [2.24, 2.45) is 0 Å². The van der Waals surface area contributed by atoms with E-state index >= 15 is 0 Å². The van der Waals surface area contributed by atoms with Gasteiger partial charge in [0.25, 0.3) is 0 Å². The molecule has 0 radical (unpaired) electrons. The van der Waals surface area contributed by atoms with E-state index in [-0.39, 0.29) is 11.5 Å². The van der Waals surface area contributed by atoms with Gasteiger partial charge in [0, 0.05) is 0 Å². The van der Waals surface area contributed by atoms with Gasteiger partial charge in [-0.25, -0.2) is 0 Å². The van der Waals surface area contributed by atoms with Crippen molar-refractivity contribution >= 4 is 22.7 Å². The fourth-order valence-corrected chi connectivity index (χ4v) is 7.44. The third-order valence-corrected chi connectivity index (χ3v) is 9.47. The minimum Gasteiger partial charge on any atom is -0.508 e. The summed E-state index contributed by atoms with van der Waals surface area (Å²) in [4.78, 5) is 0. The van der Waals surface area contributed by atoms with E-state index in [1.54, 1.807) is 22.7 Å². The SMILES string of the molecule is Cc1cc(C2(c3ccc(O)c(C)c3)c3cc(-c4ccsc4)ccc3-c3ccc(-c4ccsc4)cc32)ccc1O. The zero-order chi connectivity index (χ0) is 26.7. The second kappa shape index (κ2) is 8.98. The average molecular weight is 543 g/mol. The summed E-state index contributed by atoms with van der Waals surface area (Å²) in [5, 5.41) is 29.7. The fraction of sp³-hybridized carbons (Fsp3) is 0.0857. The molecule has 0 saturated carbocycles. The minimum atomic E-state index is -0.639. The van der Waals surface area contributed by atoms with Crippen LogP contribution in [0.3, 0.4) is 0 Å². The number of hydrogen-bond donors (Lipinski definition) is 2. The van der Waals surface area contributed by atoms with Crippen LogP contribution in [0.5, 0.6) is 11.5 Å². The molecule has 1 aliphatic carbocycles. The van der Waals surface area contributed by atoms with Crippen LogP contribution in [-0.4, -0.2) is 10.2 Å². The molecule has 4 heteroatoms. The fourth-order valence-electron chi connectivity index (χ4n) is 6.11. The second-order valence-electron chi connectivity index (χ2n) is 10.3. The van der Waals surface area contributed by atoms with E-state index in [0.717, 1.165) is 22.3 Å². The van der Waals surface area contributed by atoms with Gasteiger partial charge in [-0.15, -0.1) is 0 Å². The van der Waals surface area contributed by atoms with Gasteiger partial charge in [0.1, 0.15) is 11.5 Å². The summed E-state index contributed by atoms with van der Waals surface area (Å²) in [7, 11) is 0. The van der Waals surface area contributed by atoms with Crippen LogP contribution >= 0.6 is 22.7 Å². The van der Waals surface area contributed by atoms with Gasteiger partial charge >= 0.3 is 0 Å². The van der Waals surface area contributed by atoms with E-state index in [0.29, 0.717) is 0 Å². The third kappa shape index (κ3) is 3.59. The quantitative estimate of drug-likeness (QED) is 0.232. The van der Waals surface area contributed by atoms with Crippen molar-refractivity contribution < 1.29 is 10.2 Å². The Morgan fingerprint density at radius 3 is 1.36 bits per heavy atom. The van der Waals surface area contributed by atoms with Gasteiger partial charge in [0.2, 0.25) is 0 Å². The first-order valence-corrected chi connectivity index (χ1v) is 14.8. The largest absolute Gasteiger partial charge is 0.508 e. The van der Waals surface area contributed by atoms with Crippen molar-refractivity contribution in [3.63, 3.8) is 0 Å². The number of rotatable bonds is 4. The lowest BCUT2D eigenvalue weighted by Gasteiger charge is -2.35. The Morgan fingerprint density at radius 1 is 0.513 bits per heavy atom. The molecule has 2 aromatic heterocycles. The highest BCUT2D eigenvalue weighted by Crippen LogP contribution is 2.58. The Hall–Kier alpha value is -4.12. The maximum atomic E-state index is 10.5. The molecule has 0 spiro atoms. The van der Waals surface area contributed by atoms with E-state index in [1.807, 2.05) is 26.0 Å². The summed E-state index contributed by atoms with van der Waals surface area (Å²) >= 11 is 3.40. The Morgan fingerprint density at radius 2 is 0.974 bits per heavy atom. The topological polar surface area (TPSA) is 40.5 Å². The normalized spacial score (nSPS) is 13.3. The van der Waals surface area contributed by atoms with Gasteiger partial charge in [-0.2, -0.15) is 22.7 Å². The molecular weight excluding hydrogens is 517 g/mol. The van der Waals surface area contributed by atoms with Crippen LogP contribution < -0.4 is 0 Å². The summed E-state index contributed by atoms with van der Waals surface area (Å²) in [6.45, 7) is 3.91. The highest BCUT2D eigenvalue weighted by atomic mass is 32.1. The van der Waals surface area contributed by atoms with E-state index in [2.05, 4.69) is 94.3 Å². The van der Waals surface area contributed by atoms with Crippen LogP contribution in [0.2, 0.25) is 0 Å². The van der Waals surface area contributed by atoms with Crippen LogP contribution in [0.1, 0.15) is 33.4 Å². The second-order valence-corrected chi connectivity index (χ2v) is 11.9. The van der Waals surface area contributed by atoms with Gasteiger partial charge in [-0.3, -0.25) is 0 Å². The molecule has 1 aliphatic rings. The first-order valence-electron chi connectivity index (χ1n) is 12.9. The molecule has 2 heterocycles. The predicted octanol–water partition coefficient (Wildman–Crippen LogP) is 9.53. The molecule has 0 unspecified atom stereocenters. The van der Waals surface area contributed by atoms with Crippen molar-refractivity contribution in [1.82, 2.24) is 0 Å². The first kappa shape index (κ1) is 24.0. The van der Waals surface area contributed by atoms with Crippen LogP contribution in [-0.2, 0) is 5.41 Å². The summed E-state index contributed by atoms with van der Waals surface area (Å²) < 4.78 is 0. The molecule has 4 aromatic carbocycles. The van der Waals surface area contributed by atoms with E-state index in [9.17, 15) is 10.2 Å². The maximum absolute atomic E-state index is 10.5. The van der Waals surface area contributed by atoms with Gasteiger partial charge < -0.3 is 10.2 Å². The number of benzene rings is 4. The van der Waals surface area contributed by atoms with Crippen molar-refractivity contribution in [2.75, 3.05) is 0 Å². The molecule has 2 N–H and O–H groups in total. The Kier molecular flexibility index (Phi) is 5.51. The minimum absolute atomic E-state index is 0.285. The van der Waals surface area contributed by atoms with Gasteiger partial charge in [-0.1, -0.05) is 48.5 Å². The Labute approximate surface area is 236 Å². The molecule has 0 atom stereocenters. The van der Waals surface area contributed by atoms with Crippen molar-refractivity contribution in [2.45, 2.75) is 19.3 Å². The van der Waals surface area contributed by atoms with Gasteiger partial charge in [-0.05, 0) is 139 Å². The number of thiophene rings is 2. The number of hydrogen-bond acceptors (Lipinski definition) is 4. The molecule has 2 nitrogen and oxygen atoms in total. The van der Waals surface area contributed by atoms with E-state index < -0.39 is 5.41 Å². The van der Waals surface area contributed by atoms with Crippen LogP contribution in [0, 0.1) is 13.8 Å². The lowest BCUT2D eigenvalue weighted by atomic mass is 9.66. The highest BCUT2D eigenvalue weighted by Gasteiger charge is 2.47. The Bertz CT molecular complexity index is 1710. The number of phenolic OH excluding ortho intramolecular Hbond substituents is 2. The molecule has 190 valence electrons. The zero-order valence-electron chi connectivity index (χ0n) is 21.6. The summed E-state index contributed by atoms with van der Waals surface area (Å²) in [5.41, 5.74) is 12.8. The molecule has 0 fully saturated rings. The lowest BCUT2D eigenvalue weighted by molar-refractivity contribution is 0.470. The van der Waals surface area contributed by atoms with Crippen LogP contribution in [0.4, 0.5) is 0 Å². The molecule has 7 rings (SSSR count). The van der Waals surface area contributed by atoms with E-state index in [1.165, 1.54) is 44.5 Å². The molecule has 0 aliphatic heterocycles. The molecule has 0 amide bonds. The van der Waals surface area contributed by atoms with Crippen LogP contribution in [0.25, 0.3) is 33.4 Å². The summed E-state index contributed by atoms with van der Waals surface area (Å²) in [5.74, 6) is 0.571. The van der Waals surface area contributed by atoms with E-state index in [4.69, 9.17) is 0 Å². The smallest absolute Gasteiger partial charge is 0.118 e. The summed E-state index contributed by atoms with van der Waals surface area (Å²) in [6.07, 6.45) is 0. The lowest BCUT2D eigenvalue weighted by Crippen LogP contribution is -2.29. The highest BCUT2D eigenvalue weighted by molar-refractivity contribution is 7.08. The predicted molar refractivity (Wildman–Crippen MR) is 163 cm³/mol. The van der Waals surface area contributed by atoms with Crippen molar-refractivity contribution in [1.29, 1.82) is 0 Å². The van der Waals surface area contributed by atoms with Crippen molar-refractivity contribution in [3.05, 3.63) is 140 Å². The van der Waals surface area contributed by atoms with Gasteiger partial charge in [0.05, 0.1) is 5.41 Å². The summed E-state index contributed by atoms with van der Waals surface area (Å²) in [6, 6.07) is 29.9.